The molecule has 7 rings (SSSR count). The second kappa shape index (κ2) is 16.7. The van der Waals surface area contributed by atoms with Crippen molar-refractivity contribution in [3.63, 3.8) is 0 Å². The Labute approximate surface area is 341 Å². The summed E-state index contributed by atoms with van der Waals surface area (Å²) < 4.78 is 132. The van der Waals surface area contributed by atoms with Gasteiger partial charge in [0.2, 0.25) is 27.8 Å². The number of carbonyl (C=O) groups excluding carboxylic acids is 2. The van der Waals surface area contributed by atoms with Crippen molar-refractivity contribution in [1.29, 1.82) is 0 Å². The van der Waals surface area contributed by atoms with Gasteiger partial charge < -0.3 is 20.2 Å². The van der Waals surface area contributed by atoms with E-state index in [0.717, 1.165) is 12.1 Å². The van der Waals surface area contributed by atoms with Gasteiger partial charge in [-0.15, -0.1) is 0 Å². The van der Waals surface area contributed by atoms with Crippen LogP contribution in [0.2, 0.25) is 0 Å². The first-order valence-corrected chi connectivity index (χ1v) is 21.1. The van der Waals surface area contributed by atoms with Crippen LogP contribution in [0, 0.1) is 17.6 Å². The van der Waals surface area contributed by atoms with Gasteiger partial charge in [0.15, 0.2) is 0 Å². The Hall–Kier alpha value is -4.60. The Balaban J connectivity index is 0.929. The first-order valence-electron chi connectivity index (χ1n) is 19.7. The predicted octanol–water partition coefficient (Wildman–Crippen LogP) is 5.29. The molecule has 0 spiro atoms. The van der Waals surface area contributed by atoms with Crippen molar-refractivity contribution in [3.8, 4) is 0 Å². The van der Waals surface area contributed by atoms with Gasteiger partial charge in [0, 0.05) is 51.9 Å². The number of sulfonamides is 1. The van der Waals surface area contributed by atoms with E-state index in [4.69, 9.17) is 0 Å². The molecule has 4 aliphatic rings. The first kappa shape index (κ1) is 43.5. The maximum Gasteiger partial charge on any atom is 0.421 e. The summed E-state index contributed by atoms with van der Waals surface area (Å²) in [5, 5.41) is 15.2. The third-order valence-electron chi connectivity index (χ3n) is 11.6. The van der Waals surface area contributed by atoms with Crippen LogP contribution in [-0.4, -0.2) is 104 Å². The Bertz CT molecular complexity index is 2220. The molecule has 2 aromatic carbocycles. The summed E-state index contributed by atoms with van der Waals surface area (Å²) >= 11 is 0. The Morgan fingerprint density at radius 3 is 2.35 bits per heavy atom. The van der Waals surface area contributed by atoms with Crippen molar-refractivity contribution < 1.29 is 53.8 Å². The van der Waals surface area contributed by atoms with Gasteiger partial charge >= 0.3 is 6.18 Å². The molecule has 0 radical (unpaired) electrons. The SMILES string of the molecule is C[C@]1(O)CCCN(c2nc(Nc3ccc(S(=O)(=O)N[C@@H]4CCN(CC5CCN(c6ccc(C7CCC(=O)NC7=O)cc6F)CC5)CC4(F)F)cc3F)ncc2C(F)(F)F)C1. The van der Waals surface area contributed by atoms with E-state index in [-0.39, 0.29) is 50.0 Å². The molecule has 1 unspecified atom stereocenters. The van der Waals surface area contributed by atoms with Gasteiger partial charge in [-0.05, 0) is 87.3 Å². The van der Waals surface area contributed by atoms with E-state index in [1.54, 1.807) is 17.0 Å². The molecule has 21 heteroatoms. The highest BCUT2D eigenvalue weighted by Gasteiger charge is 2.47. The number of anilines is 4. The number of aliphatic hydroxyl groups is 1. The quantitative estimate of drug-likeness (QED) is 0.155. The molecule has 60 heavy (non-hydrogen) atoms. The van der Waals surface area contributed by atoms with Crippen LogP contribution in [0.25, 0.3) is 0 Å². The first-order chi connectivity index (χ1) is 28.2. The molecule has 0 aliphatic carbocycles. The number of aromatic nitrogens is 2. The summed E-state index contributed by atoms with van der Waals surface area (Å²) in [6, 6.07) is 5.34. The molecular formula is C39H45F7N8O5S. The number of carbonyl (C=O) groups is 2. The lowest BCUT2D eigenvalue weighted by atomic mass is 9.90. The number of imide groups is 1. The van der Waals surface area contributed by atoms with Crippen molar-refractivity contribution in [2.75, 3.05) is 60.9 Å². The van der Waals surface area contributed by atoms with E-state index in [1.807, 2.05) is 9.62 Å². The number of piperidine rings is 4. The summed E-state index contributed by atoms with van der Waals surface area (Å²) in [6.45, 7) is 2.21. The Morgan fingerprint density at radius 2 is 1.70 bits per heavy atom. The second-order valence-corrected chi connectivity index (χ2v) is 18.0. The monoisotopic (exact) mass is 870 g/mol. The molecule has 3 aromatic rings. The highest BCUT2D eigenvalue weighted by Crippen LogP contribution is 2.39. The lowest BCUT2D eigenvalue weighted by Gasteiger charge is -2.41. The smallest absolute Gasteiger partial charge is 0.388 e. The fourth-order valence-electron chi connectivity index (χ4n) is 8.46. The summed E-state index contributed by atoms with van der Waals surface area (Å²) in [7, 11) is -4.66. The fourth-order valence-corrected chi connectivity index (χ4v) is 9.76. The number of amides is 2. The van der Waals surface area contributed by atoms with Crippen LogP contribution in [0.4, 0.5) is 53.9 Å². The number of β-amino-alcohol motifs (C(OH)–C–C–N with tert-alkyl or cyclic N) is 1. The zero-order chi connectivity index (χ0) is 43.2. The molecule has 3 atom stereocenters. The van der Waals surface area contributed by atoms with Gasteiger partial charge in [-0.25, -0.2) is 35.7 Å². The number of nitrogens with zero attached hydrogens (tertiary/aromatic N) is 5. The molecule has 2 amide bonds. The van der Waals surface area contributed by atoms with Gasteiger partial charge in [0.1, 0.15) is 23.0 Å². The van der Waals surface area contributed by atoms with Crippen LogP contribution < -0.4 is 25.2 Å². The molecule has 5 heterocycles. The van der Waals surface area contributed by atoms with Gasteiger partial charge in [0.05, 0.1) is 40.4 Å². The zero-order valence-electron chi connectivity index (χ0n) is 32.5. The van der Waals surface area contributed by atoms with Crippen molar-refractivity contribution in [2.45, 2.75) is 86.4 Å². The van der Waals surface area contributed by atoms with E-state index in [1.165, 1.54) is 17.9 Å². The largest absolute Gasteiger partial charge is 0.421 e. The zero-order valence-corrected chi connectivity index (χ0v) is 33.4. The topological polar surface area (TPSA) is 160 Å². The van der Waals surface area contributed by atoms with E-state index in [9.17, 15) is 36.3 Å². The molecule has 4 fully saturated rings. The molecule has 4 saturated heterocycles. The minimum atomic E-state index is -4.83. The summed E-state index contributed by atoms with van der Waals surface area (Å²) in [4.78, 5) is 35.4. The average molecular weight is 871 g/mol. The van der Waals surface area contributed by atoms with E-state index < -0.39 is 86.0 Å². The van der Waals surface area contributed by atoms with Crippen molar-refractivity contribution in [3.05, 3.63) is 65.4 Å². The van der Waals surface area contributed by atoms with Crippen molar-refractivity contribution in [1.82, 2.24) is 24.9 Å². The van der Waals surface area contributed by atoms with Gasteiger partial charge in [-0.3, -0.25) is 19.8 Å². The Kier molecular flexibility index (Phi) is 12.1. The van der Waals surface area contributed by atoms with Crippen LogP contribution in [0.15, 0.2) is 47.5 Å². The lowest BCUT2D eigenvalue weighted by Crippen LogP contribution is -2.59. The number of halogens is 7. The highest BCUT2D eigenvalue weighted by molar-refractivity contribution is 7.89. The second-order valence-electron chi connectivity index (χ2n) is 16.3. The van der Waals surface area contributed by atoms with Crippen LogP contribution >= 0.6 is 0 Å². The molecular weight excluding hydrogens is 826 g/mol. The summed E-state index contributed by atoms with van der Waals surface area (Å²) in [5.74, 6) is -7.51. The van der Waals surface area contributed by atoms with Gasteiger partial charge in [-0.1, -0.05) is 6.07 Å². The van der Waals surface area contributed by atoms with Crippen molar-refractivity contribution >= 4 is 45.0 Å². The average Bonchev–Trinajstić information content (AvgIpc) is 3.16. The number of benzene rings is 2. The molecule has 0 saturated carbocycles. The van der Waals surface area contributed by atoms with Gasteiger partial charge in [-0.2, -0.15) is 18.2 Å². The van der Waals surface area contributed by atoms with Gasteiger partial charge in [0.25, 0.3) is 5.92 Å². The molecule has 4 aliphatic heterocycles. The maximum absolute atomic E-state index is 15.5. The van der Waals surface area contributed by atoms with E-state index in [0.29, 0.717) is 75.3 Å². The molecule has 326 valence electrons. The number of alkyl halides is 5. The normalized spacial score (nSPS) is 24.7. The standard InChI is InChI=1S/C39H45F7N8O5S/c1-37(57)12-2-13-54(21-37)34-27(39(44,45)46)19-47-36(50-34)48-30-6-4-25(18-28(30)40)60(58,59)51-32-11-14-52(22-38(32,42)43)20-23-9-15-53(16-10-23)31-7-3-24(17-29(31)41)26-5-8-33(55)49-35(26)56/h3-4,6-7,17-19,23,26,32,51,57H,2,5,8-16,20-22H2,1H3,(H,47,48,50)(H,49,55,56)/t26?,32-,37+/m1/s1. The number of nitrogens with one attached hydrogen (secondary N) is 3. The number of rotatable bonds is 10. The fraction of sp³-hybridized carbons (Fsp3) is 0.538. The number of hydrogen-bond acceptors (Lipinski definition) is 11. The summed E-state index contributed by atoms with van der Waals surface area (Å²) in [6.07, 6.45) is -2.12. The number of likely N-dealkylation sites (tertiary alicyclic amines) is 1. The van der Waals surface area contributed by atoms with E-state index >= 15 is 17.6 Å². The molecule has 4 N–H and O–H groups in total. The predicted molar refractivity (Wildman–Crippen MR) is 205 cm³/mol. The molecule has 0 bridgehead atoms. The van der Waals surface area contributed by atoms with Crippen LogP contribution in [0.1, 0.15) is 68.9 Å². The third-order valence-corrected chi connectivity index (χ3v) is 13.1. The minimum Gasteiger partial charge on any atom is -0.388 e. The van der Waals surface area contributed by atoms with E-state index in [2.05, 4.69) is 20.6 Å². The molecule has 1 aromatic heterocycles. The Morgan fingerprint density at radius 1 is 0.950 bits per heavy atom. The summed E-state index contributed by atoms with van der Waals surface area (Å²) in [5.41, 5.74) is -1.97. The maximum atomic E-state index is 15.5. The van der Waals surface area contributed by atoms with Crippen LogP contribution in [0.5, 0.6) is 0 Å². The molecule has 13 nitrogen and oxygen atoms in total. The lowest BCUT2D eigenvalue weighted by molar-refractivity contribution is -0.138. The van der Waals surface area contributed by atoms with Crippen LogP contribution in [0.3, 0.4) is 0 Å². The third kappa shape index (κ3) is 9.79. The van der Waals surface area contributed by atoms with Crippen molar-refractivity contribution in [2.24, 2.45) is 5.92 Å². The minimum absolute atomic E-state index is 0.0203. The van der Waals surface area contributed by atoms with Crippen LogP contribution in [-0.2, 0) is 25.8 Å². The highest BCUT2D eigenvalue weighted by atomic mass is 32.2. The number of hydrogen-bond donors (Lipinski definition) is 4.